The summed E-state index contributed by atoms with van der Waals surface area (Å²) in [5, 5.41) is 3.50. The molecule has 0 aromatic heterocycles. The van der Waals surface area contributed by atoms with Gasteiger partial charge in [0.2, 0.25) is 0 Å². The summed E-state index contributed by atoms with van der Waals surface area (Å²) in [6, 6.07) is 11.8. The zero-order chi connectivity index (χ0) is 13.1. The first-order valence-corrected chi connectivity index (χ1v) is 5.94. The smallest absolute Gasteiger partial charge is 0.257 e. The predicted molar refractivity (Wildman–Crippen MR) is 75.3 cm³/mol. The van der Waals surface area contributed by atoms with Crippen molar-refractivity contribution in [2.75, 3.05) is 11.1 Å². The van der Waals surface area contributed by atoms with E-state index in [0.717, 1.165) is 0 Å². The summed E-state index contributed by atoms with van der Waals surface area (Å²) in [5.41, 5.74) is 6.95. The Morgan fingerprint density at radius 3 is 2.56 bits per heavy atom. The molecule has 0 fully saturated rings. The summed E-state index contributed by atoms with van der Waals surface area (Å²) >= 11 is 11.8. The van der Waals surface area contributed by atoms with Crippen molar-refractivity contribution in [3.8, 4) is 0 Å². The fourth-order valence-corrected chi connectivity index (χ4v) is 1.89. The minimum absolute atomic E-state index is 0.247. The number of hydrogen-bond acceptors (Lipinski definition) is 2. The monoisotopic (exact) mass is 280 g/mol. The number of nitrogen functional groups attached to an aromatic ring is 1. The molecule has 18 heavy (non-hydrogen) atoms. The Hall–Kier alpha value is -1.71. The lowest BCUT2D eigenvalue weighted by Gasteiger charge is -2.08. The molecule has 3 N–H and O–H groups in total. The van der Waals surface area contributed by atoms with Crippen molar-refractivity contribution in [2.45, 2.75) is 0 Å². The molecule has 0 heterocycles. The number of amides is 1. The third-order valence-corrected chi connectivity index (χ3v) is 3.01. The fraction of sp³-hybridized carbons (Fsp3) is 0. The molecule has 2 aromatic rings. The van der Waals surface area contributed by atoms with Crippen molar-refractivity contribution in [2.24, 2.45) is 0 Å². The standard InChI is InChI=1S/C13H10Cl2N2O/c14-8-3-1-4-9(7-8)17-13(18)10-5-2-6-11(16)12(10)15/h1-7H,16H2,(H,17,18). The van der Waals surface area contributed by atoms with E-state index < -0.39 is 0 Å². The topological polar surface area (TPSA) is 55.1 Å². The Morgan fingerprint density at radius 2 is 1.83 bits per heavy atom. The first kappa shape index (κ1) is 12.7. The van der Waals surface area contributed by atoms with E-state index in [-0.39, 0.29) is 10.9 Å². The molecule has 2 aromatic carbocycles. The highest BCUT2D eigenvalue weighted by Crippen LogP contribution is 2.24. The van der Waals surface area contributed by atoms with Crippen molar-refractivity contribution in [1.29, 1.82) is 0 Å². The fourth-order valence-electron chi connectivity index (χ4n) is 1.49. The lowest BCUT2D eigenvalue weighted by Crippen LogP contribution is -2.12. The molecule has 0 unspecified atom stereocenters. The van der Waals surface area contributed by atoms with E-state index in [4.69, 9.17) is 28.9 Å². The van der Waals surface area contributed by atoms with E-state index in [1.165, 1.54) is 0 Å². The van der Waals surface area contributed by atoms with Crippen LogP contribution < -0.4 is 11.1 Å². The van der Waals surface area contributed by atoms with Crippen LogP contribution >= 0.6 is 23.2 Å². The van der Waals surface area contributed by atoms with Crippen molar-refractivity contribution < 1.29 is 4.79 Å². The Morgan fingerprint density at radius 1 is 1.11 bits per heavy atom. The van der Waals surface area contributed by atoms with Gasteiger partial charge in [-0.2, -0.15) is 0 Å². The molecule has 0 spiro atoms. The summed E-state index contributed by atoms with van der Waals surface area (Å²) in [7, 11) is 0. The van der Waals surface area contributed by atoms with Crippen LogP contribution in [-0.4, -0.2) is 5.91 Å². The molecule has 1 amide bonds. The zero-order valence-electron chi connectivity index (χ0n) is 9.28. The summed E-state index contributed by atoms with van der Waals surface area (Å²) in [5.74, 6) is -0.324. The highest BCUT2D eigenvalue weighted by molar-refractivity contribution is 6.36. The molecular formula is C13H10Cl2N2O. The van der Waals surface area contributed by atoms with Crippen LogP contribution in [0.15, 0.2) is 42.5 Å². The van der Waals surface area contributed by atoms with E-state index in [0.29, 0.717) is 22.0 Å². The lowest BCUT2D eigenvalue weighted by molar-refractivity contribution is 0.102. The number of benzene rings is 2. The summed E-state index contributed by atoms with van der Waals surface area (Å²) < 4.78 is 0. The van der Waals surface area contributed by atoms with Crippen molar-refractivity contribution in [3.05, 3.63) is 58.1 Å². The first-order valence-electron chi connectivity index (χ1n) is 5.19. The molecule has 0 aliphatic heterocycles. The number of nitrogens with two attached hydrogens (primary N) is 1. The van der Waals surface area contributed by atoms with Gasteiger partial charge in [0.1, 0.15) is 0 Å². The van der Waals surface area contributed by atoms with E-state index in [1.54, 1.807) is 42.5 Å². The van der Waals surface area contributed by atoms with Gasteiger partial charge in [-0.15, -0.1) is 0 Å². The molecule has 0 radical (unpaired) electrons. The van der Waals surface area contributed by atoms with Crippen LogP contribution in [0.3, 0.4) is 0 Å². The highest BCUT2D eigenvalue weighted by Gasteiger charge is 2.12. The van der Waals surface area contributed by atoms with Gasteiger partial charge in [-0.05, 0) is 30.3 Å². The second kappa shape index (κ2) is 5.29. The SMILES string of the molecule is Nc1cccc(C(=O)Nc2cccc(Cl)c2)c1Cl. The average Bonchev–Trinajstić information content (AvgIpc) is 2.32. The third-order valence-electron chi connectivity index (χ3n) is 2.36. The van der Waals surface area contributed by atoms with Gasteiger partial charge in [-0.25, -0.2) is 0 Å². The van der Waals surface area contributed by atoms with Crippen LogP contribution in [0.5, 0.6) is 0 Å². The number of rotatable bonds is 2. The van der Waals surface area contributed by atoms with Crippen LogP contribution in [0.25, 0.3) is 0 Å². The van der Waals surface area contributed by atoms with E-state index in [2.05, 4.69) is 5.32 Å². The van der Waals surface area contributed by atoms with Crippen molar-refractivity contribution in [3.63, 3.8) is 0 Å². The third kappa shape index (κ3) is 2.75. The molecule has 92 valence electrons. The molecule has 3 nitrogen and oxygen atoms in total. The molecule has 0 atom stereocenters. The second-order valence-electron chi connectivity index (χ2n) is 3.67. The molecule has 0 saturated carbocycles. The minimum Gasteiger partial charge on any atom is -0.398 e. The number of anilines is 2. The number of carbonyl (C=O) groups excluding carboxylic acids is 1. The first-order chi connectivity index (χ1) is 8.58. The molecule has 5 heteroatoms. The van der Waals surface area contributed by atoms with Crippen LogP contribution in [0.2, 0.25) is 10.0 Å². The van der Waals surface area contributed by atoms with Gasteiger partial charge in [0.15, 0.2) is 0 Å². The number of nitrogens with one attached hydrogen (secondary N) is 1. The van der Waals surface area contributed by atoms with E-state index >= 15 is 0 Å². The normalized spacial score (nSPS) is 10.1. The van der Waals surface area contributed by atoms with Gasteiger partial charge in [-0.3, -0.25) is 4.79 Å². The van der Waals surface area contributed by atoms with Crippen LogP contribution in [0.4, 0.5) is 11.4 Å². The van der Waals surface area contributed by atoms with Gasteiger partial charge < -0.3 is 11.1 Å². The molecule has 0 aliphatic rings. The lowest BCUT2D eigenvalue weighted by atomic mass is 10.2. The Kier molecular flexibility index (Phi) is 3.75. The Balaban J connectivity index is 2.25. The van der Waals surface area contributed by atoms with Gasteiger partial charge in [0.05, 0.1) is 16.3 Å². The van der Waals surface area contributed by atoms with Gasteiger partial charge >= 0.3 is 0 Å². The minimum atomic E-state index is -0.324. The summed E-state index contributed by atoms with van der Waals surface area (Å²) in [6.07, 6.45) is 0. The van der Waals surface area contributed by atoms with Gasteiger partial charge in [0.25, 0.3) is 5.91 Å². The van der Waals surface area contributed by atoms with Crippen LogP contribution in [0, 0.1) is 0 Å². The summed E-state index contributed by atoms with van der Waals surface area (Å²) in [4.78, 5) is 12.0. The molecule has 0 aliphatic carbocycles. The molecule has 0 bridgehead atoms. The molecule has 0 saturated heterocycles. The van der Waals surface area contributed by atoms with Crippen LogP contribution in [-0.2, 0) is 0 Å². The zero-order valence-corrected chi connectivity index (χ0v) is 10.8. The quantitative estimate of drug-likeness (QED) is 0.822. The van der Waals surface area contributed by atoms with Gasteiger partial charge in [0, 0.05) is 10.7 Å². The highest BCUT2D eigenvalue weighted by atomic mass is 35.5. The van der Waals surface area contributed by atoms with E-state index in [9.17, 15) is 4.79 Å². The Labute approximate surface area is 115 Å². The number of halogens is 2. The number of hydrogen-bond donors (Lipinski definition) is 2. The number of carbonyl (C=O) groups is 1. The Bertz CT molecular complexity index is 599. The van der Waals surface area contributed by atoms with Crippen molar-refractivity contribution in [1.82, 2.24) is 0 Å². The maximum absolute atomic E-state index is 12.0. The van der Waals surface area contributed by atoms with Crippen molar-refractivity contribution >= 4 is 40.5 Å². The largest absolute Gasteiger partial charge is 0.398 e. The second-order valence-corrected chi connectivity index (χ2v) is 4.49. The maximum Gasteiger partial charge on any atom is 0.257 e. The predicted octanol–water partition coefficient (Wildman–Crippen LogP) is 3.83. The molecule has 2 rings (SSSR count). The average molecular weight is 281 g/mol. The van der Waals surface area contributed by atoms with E-state index in [1.807, 2.05) is 0 Å². The molecular weight excluding hydrogens is 271 g/mol. The van der Waals surface area contributed by atoms with Crippen LogP contribution in [0.1, 0.15) is 10.4 Å². The van der Waals surface area contributed by atoms with Gasteiger partial charge in [-0.1, -0.05) is 35.3 Å². The maximum atomic E-state index is 12.0. The summed E-state index contributed by atoms with van der Waals surface area (Å²) in [6.45, 7) is 0.